The summed E-state index contributed by atoms with van der Waals surface area (Å²) in [6.07, 6.45) is 9.70. The summed E-state index contributed by atoms with van der Waals surface area (Å²) in [4.78, 5) is 14.2. The lowest BCUT2D eigenvalue weighted by atomic mass is 9.86. The molecular formula is C15H28N2O. The van der Waals surface area contributed by atoms with Crippen LogP contribution in [0.25, 0.3) is 0 Å². The van der Waals surface area contributed by atoms with Gasteiger partial charge in [0.25, 0.3) is 0 Å². The molecule has 3 heteroatoms. The fourth-order valence-corrected chi connectivity index (χ4v) is 3.29. The maximum atomic E-state index is 12.2. The van der Waals surface area contributed by atoms with Crippen LogP contribution in [0, 0.1) is 11.8 Å². The number of carbonyl (C=O) groups is 1. The van der Waals surface area contributed by atoms with Gasteiger partial charge in [-0.25, -0.2) is 0 Å². The standard InChI is InChI=1S/C15H28N2O/c1-12-9-10-17(11-14(12)16)15(18)8-7-13-5-3-2-4-6-13/h12-14H,2-11,16H2,1H3. The quantitative estimate of drug-likeness (QED) is 0.839. The second-order valence-electron chi connectivity index (χ2n) is 6.31. The van der Waals surface area contributed by atoms with Crippen molar-refractivity contribution in [1.82, 2.24) is 4.90 Å². The zero-order valence-electron chi connectivity index (χ0n) is 11.7. The van der Waals surface area contributed by atoms with E-state index in [4.69, 9.17) is 5.73 Å². The molecule has 2 rings (SSSR count). The number of carbonyl (C=O) groups excluding carboxylic acids is 1. The summed E-state index contributed by atoms with van der Waals surface area (Å²) < 4.78 is 0. The van der Waals surface area contributed by atoms with Crippen molar-refractivity contribution in [3.63, 3.8) is 0 Å². The predicted octanol–water partition coefficient (Wildman–Crippen LogP) is 2.54. The first-order valence-electron chi connectivity index (χ1n) is 7.70. The minimum Gasteiger partial charge on any atom is -0.341 e. The van der Waals surface area contributed by atoms with Gasteiger partial charge in [-0.05, 0) is 24.7 Å². The van der Waals surface area contributed by atoms with Crippen molar-refractivity contribution in [3.05, 3.63) is 0 Å². The van der Waals surface area contributed by atoms with Gasteiger partial charge in [-0.15, -0.1) is 0 Å². The molecule has 0 aromatic heterocycles. The highest BCUT2D eigenvalue weighted by Crippen LogP contribution is 2.27. The van der Waals surface area contributed by atoms with Gasteiger partial charge in [-0.3, -0.25) is 4.79 Å². The maximum absolute atomic E-state index is 12.2. The second kappa shape index (κ2) is 6.55. The van der Waals surface area contributed by atoms with E-state index < -0.39 is 0 Å². The second-order valence-corrected chi connectivity index (χ2v) is 6.31. The molecule has 2 atom stereocenters. The molecule has 1 aliphatic carbocycles. The van der Waals surface area contributed by atoms with Gasteiger partial charge < -0.3 is 10.6 Å². The van der Waals surface area contributed by atoms with Crippen LogP contribution in [-0.4, -0.2) is 29.9 Å². The molecule has 1 aliphatic heterocycles. The smallest absolute Gasteiger partial charge is 0.222 e. The van der Waals surface area contributed by atoms with E-state index in [-0.39, 0.29) is 6.04 Å². The highest BCUT2D eigenvalue weighted by atomic mass is 16.2. The largest absolute Gasteiger partial charge is 0.341 e. The fraction of sp³-hybridized carbons (Fsp3) is 0.933. The molecule has 104 valence electrons. The highest BCUT2D eigenvalue weighted by molar-refractivity contribution is 5.76. The van der Waals surface area contributed by atoms with Crippen LogP contribution in [0.4, 0.5) is 0 Å². The molecule has 0 radical (unpaired) electrons. The number of rotatable bonds is 3. The Labute approximate surface area is 111 Å². The van der Waals surface area contributed by atoms with E-state index in [2.05, 4.69) is 6.92 Å². The summed E-state index contributed by atoms with van der Waals surface area (Å²) in [5.41, 5.74) is 6.05. The molecule has 0 bridgehead atoms. The summed E-state index contributed by atoms with van der Waals surface area (Å²) in [6.45, 7) is 3.87. The summed E-state index contributed by atoms with van der Waals surface area (Å²) >= 11 is 0. The first-order valence-corrected chi connectivity index (χ1v) is 7.70. The molecule has 1 heterocycles. The average Bonchev–Trinajstić information content (AvgIpc) is 2.40. The van der Waals surface area contributed by atoms with Gasteiger partial charge >= 0.3 is 0 Å². The number of piperidine rings is 1. The van der Waals surface area contributed by atoms with Crippen LogP contribution in [0.2, 0.25) is 0 Å². The molecule has 3 nitrogen and oxygen atoms in total. The van der Waals surface area contributed by atoms with E-state index in [0.29, 0.717) is 11.8 Å². The fourth-order valence-electron chi connectivity index (χ4n) is 3.29. The van der Waals surface area contributed by atoms with Crippen molar-refractivity contribution < 1.29 is 4.79 Å². The van der Waals surface area contributed by atoms with E-state index >= 15 is 0 Å². The van der Waals surface area contributed by atoms with Crippen LogP contribution in [0.5, 0.6) is 0 Å². The van der Waals surface area contributed by atoms with Crippen molar-refractivity contribution in [1.29, 1.82) is 0 Å². The summed E-state index contributed by atoms with van der Waals surface area (Å²) in [5.74, 6) is 1.70. The Morgan fingerprint density at radius 2 is 1.94 bits per heavy atom. The highest BCUT2D eigenvalue weighted by Gasteiger charge is 2.26. The predicted molar refractivity (Wildman–Crippen MR) is 74.1 cm³/mol. The van der Waals surface area contributed by atoms with Crippen LogP contribution in [0.1, 0.15) is 58.3 Å². The molecule has 2 aliphatic rings. The molecule has 1 saturated heterocycles. The first kappa shape index (κ1) is 13.9. The molecular weight excluding hydrogens is 224 g/mol. The molecule has 0 spiro atoms. The van der Waals surface area contributed by atoms with Crippen LogP contribution in [0.15, 0.2) is 0 Å². The Hall–Kier alpha value is -0.570. The Balaban J connectivity index is 1.70. The zero-order chi connectivity index (χ0) is 13.0. The monoisotopic (exact) mass is 252 g/mol. The molecule has 2 fully saturated rings. The van der Waals surface area contributed by atoms with Crippen LogP contribution >= 0.6 is 0 Å². The Bertz CT molecular complexity index is 274. The van der Waals surface area contributed by atoms with Crippen LogP contribution in [-0.2, 0) is 4.79 Å². The average molecular weight is 252 g/mol. The van der Waals surface area contributed by atoms with E-state index in [0.717, 1.165) is 38.3 Å². The number of amides is 1. The summed E-state index contributed by atoms with van der Waals surface area (Å²) in [7, 11) is 0. The molecule has 0 aromatic rings. The Morgan fingerprint density at radius 1 is 1.22 bits per heavy atom. The minimum absolute atomic E-state index is 0.178. The number of likely N-dealkylation sites (tertiary alicyclic amines) is 1. The third kappa shape index (κ3) is 3.71. The summed E-state index contributed by atoms with van der Waals surface area (Å²) in [5, 5.41) is 0. The third-order valence-electron chi connectivity index (χ3n) is 4.86. The van der Waals surface area contributed by atoms with Crippen LogP contribution < -0.4 is 5.73 Å². The van der Waals surface area contributed by atoms with E-state index in [1.54, 1.807) is 0 Å². The van der Waals surface area contributed by atoms with Crippen LogP contribution in [0.3, 0.4) is 0 Å². The lowest BCUT2D eigenvalue weighted by Crippen LogP contribution is -2.49. The number of nitrogens with two attached hydrogens (primary N) is 1. The zero-order valence-corrected chi connectivity index (χ0v) is 11.7. The number of hydrogen-bond donors (Lipinski definition) is 1. The topological polar surface area (TPSA) is 46.3 Å². The molecule has 2 unspecified atom stereocenters. The van der Waals surface area contributed by atoms with Gasteiger partial charge in [0, 0.05) is 25.6 Å². The molecule has 2 N–H and O–H groups in total. The SMILES string of the molecule is CC1CCN(C(=O)CCC2CCCCC2)CC1N. The molecule has 18 heavy (non-hydrogen) atoms. The van der Waals surface area contributed by atoms with Gasteiger partial charge in [-0.1, -0.05) is 39.0 Å². The lowest BCUT2D eigenvalue weighted by molar-refractivity contribution is -0.133. The van der Waals surface area contributed by atoms with E-state index in [1.807, 2.05) is 4.90 Å². The first-order chi connectivity index (χ1) is 8.66. The maximum Gasteiger partial charge on any atom is 0.222 e. The Morgan fingerprint density at radius 3 is 2.61 bits per heavy atom. The number of hydrogen-bond acceptors (Lipinski definition) is 2. The van der Waals surface area contributed by atoms with Gasteiger partial charge in [0.05, 0.1) is 0 Å². The van der Waals surface area contributed by atoms with Gasteiger partial charge in [0.1, 0.15) is 0 Å². The van der Waals surface area contributed by atoms with Gasteiger partial charge in [0.15, 0.2) is 0 Å². The van der Waals surface area contributed by atoms with Crippen molar-refractivity contribution in [2.45, 2.75) is 64.3 Å². The molecule has 1 amide bonds. The Kier molecular flexibility index (Phi) is 5.04. The normalized spacial score (nSPS) is 30.4. The third-order valence-corrected chi connectivity index (χ3v) is 4.86. The molecule has 1 saturated carbocycles. The van der Waals surface area contributed by atoms with E-state index in [9.17, 15) is 4.79 Å². The van der Waals surface area contributed by atoms with Gasteiger partial charge in [-0.2, -0.15) is 0 Å². The van der Waals surface area contributed by atoms with Gasteiger partial charge in [0.2, 0.25) is 5.91 Å². The van der Waals surface area contributed by atoms with Crippen molar-refractivity contribution >= 4 is 5.91 Å². The summed E-state index contributed by atoms with van der Waals surface area (Å²) in [6, 6.07) is 0.178. The minimum atomic E-state index is 0.178. The molecule has 0 aromatic carbocycles. The number of nitrogens with zero attached hydrogens (tertiary/aromatic N) is 1. The van der Waals surface area contributed by atoms with E-state index in [1.165, 1.54) is 32.1 Å². The van der Waals surface area contributed by atoms with Crippen molar-refractivity contribution in [3.8, 4) is 0 Å². The lowest BCUT2D eigenvalue weighted by Gasteiger charge is -2.35. The van der Waals surface area contributed by atoms with Crippen molar-refractivity contribution in [2.24, 2.45) is 17.6 Å². The van der Waals surface area contributed by atoms with Crippen molar-refractivity contribution in [2.75, 3.05) is 13.1 Å².